The largest absolute Gasteiger partial charge is 0.487 e. The van der Waals surface area contributed by atoms with Gasteiger partial charge in [-0.3, -0.25) is 5.43 Å². The number of hydrogen-bond acceptors (Lipinski definition) is 6. The number of hydrogen-bond donors (Lipinski definition) is 2. The van der Waals surface area contributed by atoms with Gasteiger partial charge in [-0.1, -0.05) is 41.6 Å². The van der Waals surface area contributed by atoms with Gasteiger partial charge in [0.1, 0.15) is 23.7 Å². The molecule has 0 aliphatic carbocycles. The minimum absolute atomic E-state index is 0.0913. The second kappa shape index (κ2) is 10.6. The van der Waals surface area contributed by atoms with Crippen LogP contribution in [0.15, 0.2) is 102 Å². The zero-order chi connectivity index (χ0) is 24.7. The van der Waals surface area contributed by atoms with Crippen molar-refractivity contribution in [3.63, 3.8) is 0 Å². The topological polar surface area (TPSA) is 108 Å². The number of aromatic nitrogens is 5. The van der Waals surface area contributed by atoms with Gasteiger partial charge in [0.05, 0.1) is 23.8 Å². The summed E-state index contributed by atoms with van der Waals surface area (Å²) in [6.07, 6.45) is 5.39. The average Bonchev–Trinajstić information content (AvgIpc) is 3.56. The molecule has 0 bridgehead atoms. The predicted molar refractivity (Wildman–Crippen MR) is 142 cm³/mol. The molecule has 0 saturated heterocycles. The molecule has 3 N–H and O–H groups in total. The normalized spacial score (nSPS) is 11.0. The van der Waals surface area contributed by atoms with Crippen molar-refractivity contribution in [3.05, 3.63) is 109 Å². The molecule has 3 aromatic carbocycles. The summed E-state index contributed by atoms with van der Waals surface area (Å²) >= 11 is 4.83. The third-order valence-electron chi connectivity index (χ3n) is 5.22. The molecule has 0 unspecified atom stereocenters. The average molecular weight is 495 g/mol. The van der Waals surface area contributed by atoms with Gasteiger partial charge in [0.25, 0.3) is 0 Å². The monoisotopic (exact) mass is 494 g/mol. The molecule has 178 valence electrons. The van der Waals surface area contributed by atoms with E-state index in [0.717, 1.165) is 33.9 Å². The van der Waals surface area contributed by atoms with Gasteiger partial charge in [0.15, 0.2) is 5.11 Å². The molecule has 0 amide bonds. The Bertz CT molecular complexity index is 1480. The predicted octanol–water partition coefficient (Wildman–Crippen LogP) is 3.87. The van der Waals surface area contributed by atoms with Crippen molar-refractivity contribution in [3.8, 4) is 28.4 Å². The Morgan fingerprint density at radius 2 is 1.58 bits per heavy atom. The molecular weight excluding hydrogens is 472 g/mol. The quantitative estimate of drug-likeness (QED) is 0.192. The highest BCUT2D eigenvalue weighted by molar-refractivity contribution is 7.80. The lowest BCUT2D eigenvalue weighted by atomic mass is 10.1. The van der Waals surface area contributed by atoms with Crippen LogP contribution in [0.3, 0.4) is 0 Å². The van der Waals surface area contributed by atoms with Crippen molar-refractivity contribution in [1.29, 1.82) is 0 Å². The number of rotatable bonds is 8. The zero-order valence-corrected chi connectivity index (χ0v) is 19.9. The fourth-order valence-corrected chi connectivity index (χ4v) is 3.58. The Morgan fingerprint density at radius 1 is 0.917 bits per heavy atom. The van der Waals surface area contributed by atoms with Crippen LogP contribution in [0.25, 0.3) is 22.6 Å². The van der Waals surface area contributed by atoms with E-state index in [1.165, 1.54) is 0 Å². The number of nitrogens with two attached hydrogens (primary N) is 1. The van der Waals surface area contributed by atoms with E-state index in [1.54, 1.807) is 15.6 Å². The van der Waals surface area contributed by atoms with Crippen molar-refractivity contribution >= 4 is 23.5 Å². The smallest absolute Gasteiger partial charge is 0.184 e. The van der Waals surface area contributed by atoms with Gasteiger partial charge in [0, 0.05) is 17.3 Å². The highest BCUT2D eigenvalue weighted by Gasteiger charge is 2.12. The summed E-state index contributed by atoms with van der Waals surface area (Å²) in [7, 11) is 0. The highest BCUT2D eigenvalue weighted by Crippen LogP contribution is 2.25. The van der Waals surface area contributed by atoms with Crippen LogP contribution in [0, 0.1) is 0 Å². The molecule has 0 spiro atoms. The number of nitrogens with one attached hydrogen (secondary N) is 1. The van der Waals surface area contributed by atoms with Gasteiger partial charge in [-0.15, -0.1) is 5.10 Å². The Kier molecular flexibility index (Phi) is 6.77. The van der Waals surface area contributed by atoms with E-state index >= 15 is 0 Å². The van der Waals surface area contributed by atoms with Crippen LogP contribution < -0.4 is 15.9 Å². The third-order valence-corrected chi connectivity index (χ3v) is 5.31. The van der Waals surface area contributed by atoms with Crippen LogP contribution in [0.4, 0.5) is 0 Å². The van der Waals surface area contributed by atoms with Crippen LogP contribution in [0.5, 0.6) is 5.75 Å². The van der Waals surface area contributed by atoms with E-state index in [1.807, 2.05) is 97.3 Å². The number of hydrazone groups is 1. The summed E-state index contributed by atoms with van der Waals surface area (Å²) in [5, 5.41) is 17.3. The van der Waals surface area contributed by atoms with E-state index in [9.17, 15) is 0 Å². The van der Waals surface area contributed by atoms with Gasteiger partial charge in [0.2, 0.25) is 0 Å². The SMILES string of the molecule is NC(=S)NN=Cc1cn(-c2ccccc2)nc1-c1ccc(OCc2cn(-c3ccccc3)nn2)cc1. The minimum Gasteiger partial charge on any atom is -0.487 e. The molecule has 0 radical (unpaired) electrons. The molecule has 0 aliphatic heterocycles. The maximum absolute atomic E-state index is 5.92. The van der Waals surface area contributed by atoms with E-state index in [2.05, 4.69) is 20.8 Å². The molecule has 5 rings (SSSR count). The third kappa shape index (κ3) is 5.45. The van der Waals surface area contributed by atoms with Crippen molar-refractivity contribution in [2.45, 2.75) is 6.61 Å². The summed E-state index contributed by atoms with van der Waals surface area (Å²) in [6.45, 7) is 0.303. The molecular formula is C26H22N8OS. The molecule has 2 heterocycles. The molecule has 5 aromatic rings. The van der Waals surface area contributed by atoms with E-state index < -0.39 is 0 Å². The Balaban J connectivity index is 1.32. The minimum atomic E-state index is 0.0913. The molecule has 0 fully saturated rings. The van der Waals surface area contributed by atoms with Gasteiger partial charge < -0.3 is 10.5 Å². The number of thiocarbonyl (C=S) groups is 1. The van der Waals surface area contributed by atoms with Gasteiger partial charge in [-0.05, 0) is 60.7 Å². The number of nitrogens with zero attached hydrogens (tertiary/aromatic N) is 6. The van der Waals surface area contributed by atoms with Crippen LogP contribution in [0.1, 0.15) is 11.3 Å². The van der Waals surface area contributed by atoms with Crippen molar-refractivity contribution < 1.29 is 4.74 Å². The Labute approximate surface area is 212 Å². The number of ether oxygens (including phenoxy) is 1. The van der Waals surface area contributed by atoms with Gasteiger partial charge >= 0.3 is 0 Å². The Morgan fingerprint density at radius 3 is 2.25 bits per heavy atom. The fraction of sp³-hybridized carbons (Fsp3) is 0.0385. The van der Waals surface area contributed by atoms with Crippen molar-refractivity contribution in [2.75, 3.05) is 0 Å². The molecule has 10 heteroatoms. The van der Waals surface area contributed by atoms with Crippen LogP contribution in [0.2, 0.25) is 0 Å². The van der Waals surface area contributed by atoms with Gasteiger partial charge in [-0.25, -0.2) is 9.36 Å². The van der Waals surface area contributed by atoms with Crippen LogP contribution in [-0.4, -0.2) is 36.1 Å². The summed E-state index contributed by atoms with van der Waals surface area (Å²) < 4.78 is 9.45. The summed E-state index contributed by atoms with van der Waals surface area (Å²) in [5.41, 5.74) is 13.1. The van der Waals surface area contributed by atoms with Crippen LogP contribution >= 0.6 is 12.2 Å². The molecule has 36 heavy (non-hydrogen) atoms. The maximum Gasteiger partial charge on any atom is 0.184 e. The summed E-state index contributed by atoms with van der Waals surface area (Å²) in [5.74, 6) is 0.709. The lowest BCUT2D eigenvalue weighted by molar-refractivity contribution is 0.301. The van der Waals surface area contributed by atoms with Crippen molar-refractivity contribution in [2.24, 2.45) is 10.8 Å². The highest BCUT2D eigenvalue weighted by atomic mass is 32.1. The molecule has 0 saturated carbocycles. The lowest BCUT2D eigenvalue weighted by Gasteiger charge is -2.05. The number of benzene rings is 3. The van der Waals surface area contributed by atoms with Crippen molar-refractivity contribution in [1.82, 2.24) is 30.2 Å². The van der Waals surface area contributed by atoms with E-state index in [4.69, 9.17) is 27.8 Å². The molecule has 9 nitrogen and oxygen atoms in total. The fourth-order valence-electron chi connectivity index (χ4n) is 3.52. The zero-order valence-electron chi connectivity index (χ0n) is 19.1. The first-order chi connectivity index (χ1) is 17.7. The van der Waals surface area contributed by atoms with E-state index in [-0.39, 0.29) is 5.11 Å². The van der Waals surface area contributed by atoms with E-state index in [0.29, 0.717) is 12.4 Å². The summed E-state index contributed by atoms with van der Waals surface area (Å²) in [6, 6.07) is 27.4. The second-order valence-electron chi connectivity index (χ2n) is 7.75. The maximum atomic E-state index is 5.92. The second-order valence-corrected chi connectivity index (χ2v) is 8.19. The van der Waals surface area contributed by atoms with Crippen LogP contribution in [-0.2, 0) is 6.61 Å². The molecule has 0 atom stereocenters. The Hall–Kier alpha value is -4.83. The first kappa shape index (κ1) is 22.9. The molecule has 2 aromatic heterocycles. The first-order valence-electron chi connectivity index (χ1n) is 11.1. The lowest BCUT2D eigenvalue weighted by Crippen LogP contribution is -2.24. The molecule has 0 aliphatic rings. The van der Waals surface area contributed by atoms with Gasteiger partial charge in [-0.2, -0.15) is 10.2 Å². The standard InChI is InChI=1S/C26H22N8OS/c27-26(36)30-28-15-20-16-33(22-7-3-1-4-8-22)31-25(20)19-11-13-24(14-12-19)35-18-21-17-34(32-29-21)23-9-5-2-6-10-23/h1-17H,18H2,(H3,27,30,36). The number of para-hydroxylation sites is 2. The summed E-state index contributed by atoms with van der Waals surface area (Å²) in [4.78, 5) is 0. The first-order valence-corrected chi connectivity index (χ1v) is 11.5.